The van der Waals surface area contributed by atoms with Gasteiger partial charge in [-0.3, -0.25) is 4.79 Å². The van der Waals surface area contributed by atoms with E-state index in [4.69, 9.17) is 4.74 Å². The van der Waals surface area contributed by atoms with Crippen molar-refractivity contribution in [2.45, 2.75) is 32.4 Å². The molecule has 1 fully saturated rings. The Morgan fingerprint density at radius 3 is 2.72 bits per heavy atom. The first kappa shape index (κ1) is 19.3. The molecule has 0 aliphatic carbocycles. The van der Waals surface area contributed by atoms with Gasteiger partial charge < -0.3 is 15.4 Å². The van der Waals surface area contributed by atoms with Gasteiger partial charge in [0.2, 0.25) is 0 Å². The fourth-order valence-electron chi connectivity index (χ4n) is 2.95. The predicted molar refractivity (Wildman–Crippen MR) is 103 cm³/mol. The summed E-state index contributed by atoms with van der Waals surface area (Å²) in [5.74, 6) is 0.561. The molecular weight excluding hydrogens is 336 g/mol. The number of hydrogen-bond acceptors (Lipinski definition) is 3. The van der Waals surface area contributed by atoms with E-state index in [1.54, 1.807) is 0 Å². The molecule has 0 bridgehead atoms. The molecule has 1 atom stereocenters. The minimum absolute atomic E-state index is 0. The zero-order chi connectivity index (χ0) is 16.8. The van der Waals surface area contributed by atoms with Gasteiger partial charge in [0.1, 0.15) is 12.4 Å². The average Bonchev–Trinajstić information content (AvgIpc) is 2.62. The maximum Gasteiger partial charge on any atom is 0.255 e. The van der Waals surface area contributed by atoms with E-state index in [1.807, 2.05) is 42.5 Å². The molecule has 1 saturated heterocycles. The topological polar surface area (TPSA) is 50.4 Å². The first-order chi connectivity index (χ1) is 11.7. The molecule has 5 heteroatoms. The molecule has 4 nitrogen and oxygen atoms in total. The molecule has 0 aromatic heterocycles. The second-order valence-electron chi connectivity index (χ2n) is 6.23. The Morgan fingerprint density at radius 1 is 1.20 bits per heavy atom. The normalized spacial score (nSPS) is 16.6. The lowest BCUT2D eigenvalue weighted by atomic mass is 10.1. The molecular formula is C20H25ClN2O2. The van der Waals surface area contributed by atoms with Crippen LogP contribution in [0.2, 0.25) is 0 Å². The molecule has 0 saturated carbocycles. The summed E-state index contributed by atoms with van der Waals surface area (Å²) in [7, 11) is 0. The van der Waals surface area contributed by atoms with Gasteiger partial charge in [-0.25, -0.2) is 0 Å². The number of nitrogens with one attached hydrogen (secondary N) is 2. The van der Waals surface area contributed by atoms with Gasteiger partial charge in [-0.1, -0.05) is 36.4 Å². The van der Waals surface area contributed by atoms with Gasteiger partial charge in [0, 0.05) is 12.6 Å². The number of aryl methyl sites for hydroxylation is 1. The Morgan fingerprint density at radius 2 is 1.96 bits per heavy atom. The Labute approximate surface area is 155 Å². The molecule has 0 radical (unpaired) electrons. The van der Waals surface area contributed by atoms with Crippen molar-refractivity contribution < 1.29 is 9.53 Å². The number of rotatable bonds is 5. The molecule has 2 aromatic rings. The number of carbonyl (C=O) groups is 1. The van der Waals surface area contributed by atoms with Crippen LogP contribution in [0.5, 0.6) is 5.75 Å². The van der Waals surface area contributed by atoms with Gasteiger partial charge in [-0.2, -0.15) is 0 Å². The van der Waals surface area contributed by atoms with E-state index in [1.165, 1.54) is 5.56 Å². The van der Waals surface area contributed by atoms with Crippen LogP contribution in [0.25, 0.3) is 0 Å². The molecule has 2 aromatic carbocycles. The minimum atomic E-state index is -0.0657. The number of piperidine rings is 1. The van der Waals surface area contributed by atoms with Crippen molar-refractivity contribution in [3.8, 4) is 5.75 Å². The number of halogens is 1. The number of amides is 1. The van der Waals surface area contributed by atoms with Gasteiger partial charge in [0.15, 0.2) is 0 Å². The molecule has 1 aliphatic heterocycles. The van der Waals surface area contributed by atoms with Crippen molar-refractivity contribution in [1.29, 1.82) is 0 Å². The highest BCUT2D eigenvalue weighted by molar-refractivity contribution is 5.97. The van der Waals surface area contributed by atoms with Gasteiger partial charge >= 0.3 is 0 Å². The molecule has 0 unspecified atom stereocenters. The SMILES string of the molecule is Cc1ccccc1COc1ccccc1C(=O)N[C@H]1CCCNC1.Cl. The van der Waals surface area contributed by atoms with E-state index in [0.29, 0.717) is 17.9 Å². The lowest BCUT2D eigenvalue weighted by molar-refractivity contribution is 0.0926. The number of para-hydroxylation sites is 1. The smallest absolute Gasteiger partial charge is 0.255 e. The Balaban J connectivity index is 0.00000225. The standard InChI is InChI=1S/C20H24N2O2.ClH/c1-15-7-2-3-8-16(15)14-24-19-11-5-4-10-18(19)20(23)22-17-9-6-12-21-13-17;/h2-5,7-8,10-11,17,21H,6,9,12-14H2,1H3,(H,22,23);1H/t17-;/m0./s1. The average molecular weight is 361 g/mol. The first-order valence-corrected chi connectivity index (χ1v) is 8.52. The highest BCUT2D eigenvalue weighted by Crippen LogP contribution is 2.20. The first-order valence-electron chi connectivity index (χ1n) is 8.52. The Hall–Kier alpha value is -2.04. The van der Waals surface area contributed by atoms with Gasteiger partial charge in [-0.15, -0.1) is 12.4 Å². The van der Waals surface area contributed by atoms with Crippen LogP contribution in [0, 0.1) is 6.92 Å². The highest BCUT2D eigenvalue weighted by Gasteiger charge is 2.18. The van der Waals surface area contributed by atoms with Gasteiger partial charge in [0.25, 0.3) is 5.91 Å². The number of benzene rings is 2. The zero-order valence-corrected chi connectivity index (χ0v) is 15.3. The molecule has 1 heterocycles. The second kappa shape index (κ2) is 9.44. The van der Waals surface area contributed by atoms with Gasteiger partial charge in [-0.05, 0) is 49.6 Å². The molecule has 3 rings (SSSR count). The van der Waals surface area contributed by atoms with Crippen LogP contribution in [0.1, 0.15) is 34.3 Å². The number of hydrogen-bond donors (Lipinski definition) is 2. The van der Waals surface area contributed by atoms with E-state index >= 15 is 0 Å². The van der Waals surface area contributed by atoms with Crippen molar-refractivity contribution >= 4 is 18.3 Å². The third-order valence-electron chi connectivity index (χ3n) is 4.41. The summed E-state index contributed by atoms with van der Waals surface area (Å²) in [4.78, 5) is 12.6. The van der Waals surface area contributed by atoms with Crippen molar-refractivity contribution in [3.05, 3.63) is 65.2 Å². The summed E-state index contributed by atoms with van der Waals surface area (Å²) in [6, 6.07) is 15.7. The number of carbonyl (C=O) groups excluding carboxylic acids is 1. The third-order valence-corrected chi connectivity index (χ3v) is 4.41. The van der Waals surface area contributed by atoms with Crippen LogP contribution in [0.3, 0.4) is 0 Å². The molecule has 1 aliphatic rings. The fourth-order valence-corrected chi connectivity index (χ4v) is 2.95. The van der Waals surface area contributed by atoms with Crippen LogP contribution in [0.4, 0.5) is 0 Å². The van der Waals surface area contributed by atoms with E-state index in [0.717, 1.165) is 31.5 Å². The second-order valence-corrected chi connectivity index (χ2v) is 6.23. The summed E-state index contributed by atoms with van der Waals surface area (Å²) in [6.07, 6.45) is 2.11. The maximum absolute atomic E-state index is 12.6. The Bertz CT molecular complexity index is 700. The molecule has 0 spiro atoms. The quantitative estimate of drug-likeness (QED) is 0.858. The Kier molecular flexibility index (Phi) is 7.29. The van der Waals surface area contributed by atoms with Crippen molar-refractivity contribution in [2.75, 3.05) is 13.1 Å². The summed E-state index contributed by atoms with van der Waals surface area (Å²) >= 11 is 0. The summed E-state index contributed by atoms with van der Waals surface area (Å²) in [6.45, 7) is 4.38. The summed E-state index contributed by atoms with van der Waals surface area (Å²) < 4.78 is 5.94. The van der Waals surface area contributed by atoms with E-state index < -0.39 is 0 Å². The van der Waals surface area contributed by atoms with Crippen LogP contribution in [-0.4, -0.2) is 25.0 Å². The monoisotopic (exact) mass is 360 g/mol. The number of ether oxygens (including phenoxy) is 1. The molecule has 1 amide bonds. The van der Waals surface area contributed by atoms with Crippen molar-refractivity contribution in [1.82, 2.24) is 10.6 Å². The van der Waals surface area contributed by atoms with Crippen molar-refractivity contribution in [3.63, 3.8) is 0 Å². The van der Waals surface area contributed by atoms with Crippen LogP contribution in [0.15, 0.2) is 48.5 Å². The fraction of sp³-hybridized carbons (Fsp3) is 0.350. The highest BCUT2D eigenvalue weighted by atomic mass is 35.5. The maximum atomic E-state index is 12.6. The predicted octanol–water partition coefficient (Wildman–Crippen LogP) is 3.48. The van der Waals surface area contributed by atoms with E-state index in [2.05, 4.69) is 23.6 Å². The largest absolute Gasteiger partial charge is 0.488 e. The van der Waals surface area contributed by atoms with E-state index in [9.17, 15) is 4.79 Å². The zero-order valence-electron chi connectivity index (χ0n) is 14.5. The lowest BCUT2D eigenvalue weighted by Crippen LogP contribution is -2.45. The lowest BCUT2D eigenvalue weighted by Gasteiger charge is -2.24. The molecule has 134 valence electrons. The minimum Gasteiger partial charge on any atom is -0.488 e. The summed E-state index contributed by atoms with van der Waals surface area (Å²) in [5, 5.41) is 6.42. The van der Waals surface area contributed by atoms with Crippen molar-refractivity contribution in [2.24, 2.45) is 0 Å². The molecule has 25 heavy (non-hydrogen) atoms. The molecule has 2 N–H and O–H groups in total. The van der Waals surface area contributed by atoms with Crippen LogP contribution >= 0.6 is 12.4 Å². The van der Waals surface area contributed by atoms with Crippen LogP contribution in [-0.2, 0) is 6.61 Å². The van der Waals surface area contributed by atoms with Crippen LogP contribution < -0.4 is 15.4 Å². The van der Waals surface area contributed by atoms with Gasteiger partial charge in [0.05, 0.1) is 5.56 Å². The van der Waals surface area contributed by atoms with E-state index in [-0.39, 0.29) is 24.4 Å². The summed E-state index contributed by atoms with van der Waals surface area (Å²) in [5.41, 5.74) is 2.91. The third kappa shape index (κ3) is 5.21.